The van der Waals surface area contributed by atoms with Gasteiger partial charge in [-0.25, -0.2) is 0 Å². The van der Waals surface area contributed by atoms with Crippen molar-refractivity contribution >= 4 is 0 Å². The first kappa shape index (κ1) is 14.3. The fraction of sp³-hybridized carbons (Fsp3) is 0.0909. The number of hydrogen-bond acceptors (Lipinski definition) is 0. The van der Waals surface area contributed by atoms with E-state index in [1.165, 1.54) is 33.4 Å². The van der Waals surface area contributed by atoms with E-state index in [0.717, 1.165) is 6.42 Å². The molecule has 0 spiro atoms. The van der Waals surface area contributed by atoms with Gasteiger partial charge in [0.15, 0.2) is 0 Å². The Balaban J connectivity index is 2.17. The van der Waals surface area contributed by atoms with Crippen molar-refractivity contribution in [2.45, 2.75) is 13.3 Å². The van der Waals surface area contributed by atoms with Crippen LogP contribution >= 0.6 is 0 Å². The van der Waals surface area contributed by atoms with Gasteiger partial charge in [0.05, 0.1) is 0 Å². The molecule has 0 nitrogen and oxygen atoms in total. The fourth-order valence-electron chi connectivity index (χ4n) is 2.85. The van der Waals surface area contributed by atoms with Gasteiger partial charge < -0.3 is 0 Å². The van der Waals surface area contributed by atoms with E-state index in [9.17, 15) is 0 Å². The predicted molar refractivity (Wildman–Crippen MR) is 96.0 cm³/mol. The maximum absolute atomic E-state index is 3.89. The van der Waals surface area contributed by atoms with E-state index in [0.29, 0.717) is 0 Å². The summed E-state index contributed by atoms with van der Waals surface area (Å²) in [5.74, 6) is 0. The van der Waals surface area contributed by atoms with Gasteiger partial charge in [-0.1, -0.05) is 72.8 Å². The van der Waals surface area contributed by atoms with Crippen molar-refractivity contribution in [3.63, 3.8) is 0 Å². The summed E-state index contributed by atoms with van der Waals surface area (Å²) in [4.78, 5) is 0. The Morgan fingerprint density at radius 2 is 1.50 bits per heavy atom. The molecule has 0 aliphatic carbocycles. The normalized spacial score (nSPS) is 10.4. The van der Waals surface area contributed by atoms with Crippen molar-refractivity contribution in [3.8, 4) is 22.3 Å². The second kappa shape index (κ2) is 6.44. The van der Waals surface area contributed by atoms with Crippen molar-refractivity contribution in [3.05, 3.63) is 96.6 Å². The van der Waals surface area contributed by atoms with Crippen LogP contribution in [0.4, 0.5) is 0 Å². The summed E-state index contributed by atoms with van der Waals surface area (Å²) in [6.07, 6.45) is 2.86. The van der Waals surface area contributed by atoms with Crippen molar-refractivity contribution < 1.29 is 0 Å². The molecule has 3 aromatic rings. The third-order valence-corrected chi connectivity index (χ3v) is 4.02. The minimum atomic E-state index is 0.888. The van der Waals surface area contributed by atoms with E-state index in [1.54, 1.807) is 0 Å². The van der Waals surface area contributed by atoms with Crippen LogP contribution in [0.2, 0.25) is 0 Å². The van der Waals surface area contributed by atoms with E-state index in [2.05, 4.69) is 86.3 Å². The molecule has 3 rings (SSSR count). The molecule has 0 N–H and O–H groups in total. The Kier molecular flexibility index (Phi) is 4.20. The highest BCUT2D eigenvalue weighted by Crippen LogP contribution is 2.32. The standard InChI is InChI=1S/C22H20/c1-3-9-19-14-15-20(18-11-5-4-6-12-18)16-22(19)21-13-8-7-10-17(21)2/h3-8,10-16H,1,9H2,2H3. The molecule has 0 fully saturated rings. The molecule has 0 bridgehead atoms. The SMILES string of the molecule is C=CCc1ccc(-c2ccccc2)cc1-c1ccccc1C. The summed E-state index contributed by atoms with van der Waals surface area (Å²) in [6.45, 7) is 6.06. The van der Waals surface area contributed by atoms with Crippen LogP contribution in [0.25, 0.3) is 22.3 Å². The molecule has 0 heterocycles. The summed E-state index contributed by atoms with van der Waals surface area (Å²) in [5, 5.41) is 0. The average molecular weight is 284 g/mol. The lowest BCUT2D eigenvalue weighted by molar-refractivity contribution is 1.27. The highest BCUT2D eigenvalue weighted by molar-refractivity contribution is 5.77. The maximum Gasteiger partial charge on any atom is -0.00940 e. The summed E-state index contributed by atoms with van der Waals surface area (Å²) in [5.41, 5.74) is 7.74. The van der Waals surface area contributed by atoms with Crippen LogP contribution in [-0.2, 0) is 6.42 Å². The van der Waals surface area contributed by atoms with Gasteiger partial charge in [0, 0.05) is 0 Å². The highest BCUT2D eigenvalue weighted by atomic mass is 14.1. The first-order valence-electron chi connectivity index (χ1n) is 7.65. The van der Waals surface area contributed by atoms with E-state index in [4.69, 9.17) is 0 Å². The quantitative estimate of drug-likeness (QED) is 0.511. The van der Waals surface area contributed by atoms with E-state index in [1.807, 2.05) is 6.08 Å². The van der Waals surface area contributed by atoms with Gasteiger partial charge in [0.25, 0.3) is 0 Å². The van der Waals surface area contributed by atoms with Crippen LogP contribution in [-0.4, -0.2) is 0 Å². The van der Waals surface area contributed by atoms with E-state index < -0.39 is 0 Å². The first-order chi connectivity index (χ1) is 10.8. The molecule has 0 saturated heterocycles. The van der Waals surface area contributed by atoms with E-state index >= 15 is 0 Å². The molecule has 0 aromatic heterocycles. The number of hydrogen-bond donors (Lipinski definition) is 0. The smallest absolute Gasteiger partial charge is 0.00940 e. The Labute approximate surface area is 132 Å². The Morgan fingerprint density at radius 1 is 0.773 bits per heavy atom. The number of allylic oxidation sites excluding steroid dienone is 1. The molecule has 22 heavy (non-hydrogen) atoms. The van der Waals surface area contributed by atoms with Crippen LogP contribution in [0.5, 0.6) is 0 Å². The Bertz CT molecular complexity index is 782. The van der Waals surface area contributed by atoms with Crippen LogP contribution in [0.3, 0.4) is 0 Å². The number of rotatable bonds is 4. The van der Waals surface area contributed by atoms with E-state index in [-0.39, 0.29) is 0 Å². The average Bonchev–Trinajstić information content (AvgIpc) is 2.57. The molecule has 0 unspecified atom stereocenters. The minimum Gasteiger partial charge on any atom is -0.103 e. The second-order valence-electron chi connectivity index (χ2n) is 5.55. The highest BCUT2D eigenvalue weighted by Gasteiger charge is 2.08. The molecule has 0 saturated carbocycles. The van der Waals surface area contributed by atoms with Gasteiger partial charge in [-0.2, -0.15) is 0 Å². The summed E-state index contributed by atoms with van der Waals surface area (Å²) >= 11 is 0. The monoisotopic (exact) mass is 284 g/mol. The van der Waals surface area contributed by atoms with Gasteiger partial charge in [-0.3, -0.25) is 0 Å². The molecule has 0 atom stereocenters. The van der Waals surface area contributed by atoms with Crippen molar-refractivity contribution in [1.29, 1.82) is 0 Å². The molecule has 0 amide bonds. The van der Waals surface area contributed by atoms with Crippen molar-refractivity contribution in [2.75, 3.05) is 0 Å². The van der Waals surface area contributed by atoms with Crippen molar-refractivity contribution in [1.82, 2.24) is 0 Å². The van der Waals surface area contributed by atoms with Gasteiger partial charge in [-0.15, -0.1) is 6.58 Å². The lowest BCUT2D eigenvalue weighted by Gasteiger charge is -2.13. The number of aryl methyl sites for hydroxylation is 1. The minimum absolute atomic E-state index is 0.888. The fourth-order valence-corrected chi connectivity index (χ4v) is 2.85. The second-order valence-corrected chi connectivity index (χ2v) is 5.55. The topological polar surface area (TPSA) is 0 Å². The van der Waals surface area contributed by atoms with Gasteiger partial charge in [0.1, 0.15) is 0 Å². The zero-order chi connectivity index (χ0) is 15.4. The molecule has 0 radical (unpaired) electrons. The molecule has 3 aromatic carbocycles. The summed E-state index contributed by atoms with van der Waals surface area (Å²) < 4.78 is 0. The molecule has 0 heteroatoms. The third-order valence-electron chi connectivity index (χ3n) is 4.02. The predicted octanol–water partition coefficient (Wildman–Crippen LogP) is 6.06. The van der Waals surface area contributed by atoms with Gasteiger partial charge in [0.2, 0.25) is 0 Å². The van der Waals surface area contributed by atoms with Gasteiger partial charge >= 0.3 is 0 Å². The molecule has 0 aliphatic rings. The first-order valence-corrected chi connectivity index (χ1v) is 7.65. The molecular formula is C22H20. The molecule has 108 valence electrons. The maximum atomic E-state index is 3.89. The van der Waals surface area contributed by atoms with Crippen LogP contribution < -0.4 is 0 Å². The van der Waals surface area contributed by atoms with Crippen LogP contribution in [0.1, 0.15) is 11.1 Å². The zero-order valence-corrected chi connectivity index (χ0v) is 12.9. The van der Waals surface area contributed by atoms with Crippen molar-refractivity contribution in [2.24, 2.45) is 0 Å². The van der Waals surface area contributed by atoms with Gasteiger partial charge in [-0.05, 0) is 52.8 Å². The summed E-state index contributed by atoms with van der Waals surface area (Å²) in [6, 6.07) is 25.8. The lowest BCUT2D eigenvalue weighted by atomic mass is 9.91. The summed E-state index contributed by atoms with van der Waals surface area (Å²) in [7, 11) is 0. The molecular weight excluding hydrogens is 264 g/mol. The lowest BCUT2D eigenvalue weighted by Crippen LogP contribution is -1.92. The largest absolute Gasteiger partial charge is 0.103 e. The Morgan fingerprint density at radius 3 is 2.23 bits per heavy atom. The Hall–Kier alpha value is -2.60. The molecule has 0 aliphatic heterocycles. The zero-order valence-electron chi connectivity index (χ0n) is 12.9. The van der Waals surface area contributed by atoms with Crippen LogP contribution in [0, 0.1) is 6.92 Å². The number of benzene rings is 3. The third kappa shape index (κ3) is 2.87. The van der Waals surface area contributed by atoms with Crippen LogP contribution in [0.15, 0.2) is 85.5 Å².